The minimum absolute atomic E-state index is 0.118. The molecule has 3 atom stereocenters. The standard InChI is InChI=1S/C15H28N2O2/c1-11-9-17(10-12(2)19-11)15(18)14(16)8-13-6-4-3-5-7-13/h11-14H,3-10,16H2,1-2H3/t11-,12+,14?. The van der Waals surface area contributed by atoms with Gasteiger partial charge in [-0.15, -0.1) is 0 Å². The van der Waals surface area contributed by atoms with E-state index >= 15 is 0 Å². The third kappa shape index (κ3) is 4.18. The van der Waals surface area contributed by atoms with E-state index in [9.17, 15) is 4.79 Å². The Hall–Kier alpha value is -0.610. The zero-order valence-corrected chi connectivity index (χ0v) is 12.3. The molecule has 2 rings (SSSR count). The fourth-order valence-electron chi connectivity index (χ4n) is 3.48. The van der Waals surface area contributed by atoms with Crippen LogP contribution in [-0.4, -0.2) is 42.1 Å². The Kier molecular flexibility index (Phi) is 5.22. The van der Waals surface area contributed by atoms with Crippen LogP contribution in [0.4, 0.5) is 0 Å². The van der Waals surface area contributed by atoms with E-state index in [2.05, 4.69) is 0 Å². The third-order valence-electron chi connectivity index (χ3n) is 4.36. The lowest BCUT2D eigenvalue weighted by atomic mass is 9.84. The second-order valence-electron chi connectivity index (χ2n) is 6.35. The van der Waals surface area contributed by atoms with Crippen molar-refractivity contribution in [3.63, 3.8) is 0 Å². The molecule has 1 aliphatic heterocycles. The topological polar surface area (TPSA) is 55.6 Å². The Balaban J connectivity index is 1.83. The van der Waals surface area contributed by atoms with Crippen molar-refractivity contribution in [1.29, 1.82) is 0 Å². The van der Waals surface area contributed by atoms with Crippen LogP contribution in [-0.2, 0) is 9.53 Å². The monoisotopic (exact) mass is 268 g/mol. The van der Waals surface area contributed by atoms with Crippen molar-refractivity contribution >= 4 is 5.91 Å². The maximum Gasteiger partial charge on any atom is 0.239 e. The zero-order valence-electron chi connectivity index (χ0n) is 12.3. The predicted molar refractivity (Wildman–Crippen MR) is 75.8 cm³/mol. The first kappa shape index (κ1) is 14.8. The molecule has 0 aromatic heterocycles. The Labute approximate surface area is 116 Å². The summed E-state index contributed by atoms with van der Waals surface area (Å²) in [6.07, 6.45) is 7.54. The van der Waals surface area contributed by atoms with E-state index in [4.69, 9.17) is 10.5 Å². The van der Waals surface area contributed by atoms with Gasteiger partial charge in [0.1, 0.15) is 0 Å². The van der Waals surface area contributed by atoms with Crippen LogP contribution in [0, 0.1) is 5.92 Å². The van der Waals surface area contributed by atoms with E-state index in [1.165, 1.54) is 32.1 Å². The van der Waals surface area contributed by atoms with Crippen LogP contribution >= 0.6 is 0 Å². The molecule has 1 saturated carbocycles. The molecule has 2 fully saturated rings. The number of hydrogen-bond acceptors (Lipinski definition) is 3. The van der Waals surface area contributed by atoms with Crippen LogP contribution in [0.2, 0.25) is 0 Å². The Morgan fingerprint density at radius 3 is 2.37 bits per heavy atom. The predicted octanol–water partition coefficient (Wildman–Crippen LogP) is 1.92. The van der Waals surface area contributed by atoms with Gasteiger partial charge in [-0.05, 0) is 26.2 Å². The number of rotatable bonds is 3. The molecular weight excluding hydrogens is 240 g/mol. The second kappa shape index (κ2) is 6.71. The van der Waals surface area contributed by atoms with Crippen molar-refractivity contribution in [2.45, 2.75) is 70.6 Å². The molecular formula is C15H28N2O2. The lowest BCUT2D eigenvalue weighted by molar-refractivity contribution is -0.145. The highest BCUT2D eigenvalue weighted by molar-refractivity contribution is 5.81. The summed E-state index contributed by atoms with van der Waals surface area (Å²) in [6, 6.07) is -0.319. The molecule has 2 N–H and O–H groups in total. The summed E-state index contributed by atoms with van der Waals surface area (Å²) in [5, 5.41) is 0. The molecule has 2 aliphatic rings. The van der Waals surface area contributed by atoms with Crippen molar-refractivity contribution < 1.29 is 9.53 Å². The van der Waals surface area contributed by atoms with Crippen molar-refractivity contribution in [2.75, 3.05) is 13.1 Å². The van der Waals surface area contributed by atoms with Crippen LogP contribution < -0.4 is 5.73 Å². The van der Waals surface area contributed by atoms with Crippen molar-refractivity contribution in [3.8, 4) is 0 Å². The van der Waals surface area contributed by atoms with Gasteiger partial charge in [0.25, 0.3) is 0 Å². The third-order valence-corrected chi connectivity index (χ3v) is 4.36. The highest BCUT2D eigenvalue weighted by Crippen LogP contribution is 2.27. The molecule has 4 nitrogen and oxygen atoms in total. The summed E-state index contributed by atoms with van der Waals surface area (Å²) in [5.41, 5.74) is 6.14. The van der Waals surface area contributed by atoms with Crippen LogP contribution in [0.25, 0.3) is 0 Å². The van der Waals surface area contributed by atoms with Gasteiger partial charge in [0, 0.05) is 13.1 Å². The number of nitrogens with zero attached hydrogens (tertiary/aromatic N) is 1. The molecule has 110 valence electrons. The SMILES string of the molecule is C[C@@H]1CN(C(=O)C(N)CC2CCCCC2)C[C@H](C)O1. The number of amides is 1. The van der Waals surface area contributed by atoms with Crippen molar-refractivity contribution in [3.05, 3.63) is 0 Å². The fraction of sp³-hybridized carbons (Fsp3) is 0.933. The van der Waals surface area contributed by atoms with E-state index in [0.717, 1.165) is 6.42 Å². The highest BCUT2D eigenvalue weighted by atomic mass is 16.5. The van der Waals surface area contributed by atoms with E-state index in [0.29, 0.717) is 19.0 Å². The smallest absolute Gasteiger partial charge is 0.239 e. The van der Waals surface area contributed by atoms with E-state index < -0.39 is 0 Å². The lowest BCUT2D eigenvalue weighted by Crippen LogP contribution is -2.53. The molecule has 0 radical (unpaired) electrons. The molecule has 0 aromatic carbocycles. The molecule has 1 heterocycles. The van der Waals surface area contributed by atoms with Gasteiger partial charge in [0.2, 0.25) is 5.91 Å². The van der Waals surface area contributed by atoms with E-state index in [-0.39, 0.29) is 24.2 Å². The largest absolute Gasteiger partial charge is 0.372 e. The lowest BCUT2D eigenvalue weighted by Gasteiger charge is -2.37. The maximum absolute atomic E-state index is 12.4. The number of nitrogens with two attached hydrogens (primary N) is 1. The summed E-state index contributed by atoms with van der Waals surface area (Å²) in [7, 11) is 0. The Morgan fingerprint density at radius 2 is 1.79 bits per heavy atom. The fourth-order valence-corrected chi connectivity index (χ4v) is 3.48. The van der Waals surface area contributed by atoms with E-state index in [1.54, 1.807) is 0 Å². The van der Waals surface area contributed by atoms with Crippen LogP contribution in [0.1, 0.15) is 52.4 Å². The minimum atomic E-state index is -0.319. The number of ether oxygens (including phenoxy) is 1. The van der Waals surface area contributed by atoms with Gasteiger partial charge in [0.15, 0.2) is 0 Å². The first-order chi connectivity index (χ1) is 9.06. The molecule has 0 bridgehead atoms. The number of hydrogen-bond donors (Lipinski definition) is 1. The van der Waals surface area contributed by atoms with Crippen LogP contribution in [0.3, 0.4) is 0 Å². The maximum atomic E-state index is 12.4. The molecule has 1 amide bonds. The second-order valence-corrected chi connectivity index (χ2v) is 6.35. The van der Waals surface area contributed by atoms with Crippen molar-refractivity contribution in [2.24, 2.45) is 11.7 Å². The van der Waals surface area contributed by atoms with Gasteiger partial charge in [-0.1, -0.05) is 32.1 Å². The number of morpholine rings is 1. The summed E-state index contributed by atoms with van der Waals surface area (Å²) < 4.78 is 5.66. The molecule has 4 heteroatoms. The quantitative estimate of drug-likeness (QED) is 0.851. The number of carbonyl (C=O) groups is 1. The first-order valence-corrected chi connectivity index (χ1v) is 7.76. The summed E-state index contributed by atoms with van der Waals surface area (Å²) in [5.74, 6) is 0.774. The van der Waals surface area contributed by atoms with Crippen molar-refractivity contribution in [1.82, 2.24) is 4.90 Å². The van der Waals surface area contributed by atoms with Gasteiger partial charge >= 0.3 is 0 Å². The van der Waals surface area contributed by atoms with Gasteiger partial charge < -0.3 is 15.4 Å². The average molecular weight is 268 g/mol. The van der Waals surface area contributed by atoms with Gasteiger partial charge in [-0.25, -0.2) is 0 Å². The normalized spacial score (nSPS) is 31.2. The molecule has 19 heavy (non-hydrogen) atoms. The highest BCUT2D eigenvalue weighted by Gasteiger charge is 2.30. The number of carbonyl (C=O) groups excluding carboxylic acids is 1. The van der Waals surface area contributed by atoms with Crippen LogP contribution in [0.5, 0.6) is 0 Å². The van der Waals surface area contributed by atoms with Gasteiger partial charge in [-0.2, -0.15) is 0 Å². The van der Waals surface area contributed by atoms with Crippen LogP contribution in [0.15, 0.2) is 0 Å². The molecule has 0 aromatic rings. The molecule has 1 unspecified atom stereocenters. The first-order valence-electron chi connectivity index (χ1n) is 7.76. The Morgan fingerprint density at radius 1 is 1.21 bits per heavy atom. The molecule has 1 saturated heterocycles. The summed E-state index contributed by atoms with van der Waals surface area (Å²) in [4.78, 5) is 14.3. The van der Waals surface area contributed by atoms with Gasteiger partial charge in [0.05, 0.1) is 18.2 Å². The van der Waals surface area contributed by atoms with E-state index in [1.807, 2.05) is 18.7 Å². The molecule has 1 aliphatic carbocycles. The Bertz CT molecular complexity index is 293. The molecule has 0 spiro atoms. The van der Waals surface area contributed by atoms with Gasteiger partial charge in [-0.3, -0.25) is 4.79 Å². The summed E-state index contributed by atoms with van der Waals surface area (Å²) in [6.45, 7) is 5.40. The zero-order chi connectivity index (χ0) is 13.8. The average Bonchev–Trinajstić information content (AvgIpc) is 2.37. The minimum Gasteiger partial charge on any atom is -0.372 e. The summed E-state index contributed by atoms with van der Waals surface area (Å²) >= 11 is 0.